The summed E-state index contributed by atoms with van der Waals surface area (Å²) in [7, 11) is 0. The Morgan fingerprint density at radius 1 is 1.03 bits per heavy atom. The second-order valence-corrected chi connectivity index (χ2v) is 7.83. The second kappa shape index (κ2) is 8.39. The zero-order valence-electron chi connectivity index (χ0n) is 16.1. The molecule has 1 amide bonds. The lowest BCUT2D eigenvalue weighted by molar-refractivity contribution is -0.384. The van der Waals surface area contributed by atoms with Crippen LogP contribution in [0.3, 0.4) is 0 Å². The number of amides is 1. The van der Waals surface area contributed by atoms with Gasteiger partial charge in [0.1, 0.15) is 5.69 Å². The van der Waals surface area contributed by atoms with Crippen molar-refractivity contribution < 1.29 is 9.72 Å². The molecule has 0 unspecified atom stereocenters. The molecule has 2 aromatic carbocycles. The molecule has 0 aromatic heterocycles. The van der Waals surface area contributed by atoms with Gasteiger partial charge in [-0.3, -0.25) is 19.8 Å². The molecule has 0 radical (unpaired) electrons. The van der Waals surface area contributed by atoms with Crippen molar-refractivity contribution in [2.75, 3.05) is 49.1 Å². The molecule has 0 atom stereocenters. The number of rotatable bonds is 5. The Morgan fingerprint density at radius 2 is 1.79 bits per heavy atom. The van der Waals surface area contributed by atoms with Crippen LogP contribution in [0.15, 0.2) is 42.5 Å². The van der Waals surface area contributed by atoms with Gasteiger partial charge in [-0.15, -0.1) is 0 Å². The van der Waals surface area contributed by atoms with Crippen LogP contribution in [0.5, 0.6) is 0 Å². The van der Waals surface area contributed by atoms with Crippen LogP contribution in [-0.2, 0) is 11.2 Å². The average Bonchev–Trinajstić information content (AvgIpc) is 3.17. The Balaban J connectivity index is 1.31. The number of para-hydroxylation sites is 1. The van der Waals surface area contributed by atoms with E-state index in [9.17, 15) is 14.9 Å². The maximum atomic E-state index is 12.7. The number of anilines is 2. The van der Waals surface area contributed by atoms with Gasteiger partial charge in [0.15, 0.2) is 0 Å². The van der Waals surface area contributed by atoms with Crippen molar-refractivity contribution in [1.82, 2.24) is 4.90 Å². The highest BCUT2D eigenvalue weighted by Gasteiger charge is 2.26. The SMILES string of the molecule is O=C(CCN1CCN(c2ccc(Cl)cc2[N+](=O)[O-])CC1)N1CCc2ccccc21. The van der Waals surface area contributed by atoms with E-state index in [0.717, 1.165) is 31.7 Å². The molecule has 0 N–H and O–H groups in total. The van der Waals surface area contributed by atoms with Gasteiger partial charge < -0.3 is 9.80 Å². The van der Waals surface area contributed by atoms with E-state index in [1.165, 1.54) is 11.6 Å². The maximum absolute atomic E-state index is 12.7. The Kier molecular flexibility index (Phi) is 5.69. The number of nitro groups is 1. The highest BCUT2D eigenvalue weighted by molar-refractivity contribution is 6.30. The van der Waals surface area contributed by atoms with E-state index < -0.39 is 0 Å². The summed E-state index contributed by atoms with van der Waals surface area (Å²) < 4.78 is 0. The van der Waals surface area contributed by atoms with Crippen molar-refractivity contribution in [3.05, 3.63) is 63.2 Å². The normalized spacial score (nSPS) is 16.7. The largest absolute Gasteiger partial charge is 0.363 e. The van der Waals surface area contributed by atoms with E-state index >= 15 is 0 Å². The Hall–Kier alpha value is -2.64. The number of halogens is 1. The molecule has 1 saturated heterocycles. The van der Waals surface area contributed by atoms with E-state index in [4.69, 9.17) is 11.6 Å². The van der Waals surface area contributed by atoms with Crippen molar-refractivity contribution in [2.45, 2.75) is 12.8 Å². The van der Waals surface area contributed by atoms with Gasteiger partial charge >= 0.3 is 0 Å². The molecule has 7 nitrogen and oxygen atoms in total. The standard InChI is InChI=1S/C21H23ClN4O3/c22-17-5-6-19(20(15-17)26(28)29)24-13-11-23(12-14-24)9-8-21(27)25-10-7-16-3-1-2-4-18(16)25/h1-6,15H,7-14H2. The molecule has 2 aromatic rings. The number of hydrogen-bond acceptors (Lipinski definition) is 5. The highest BCUT2D eigenvalue weighted by Crippen LogP contribution is 2.32. The molecule has 29 heavy (non-hydrogen) atoms. The van der Waals surface area contributed by atoms with Gasteiger partial charge in [-0.1, -0.05) is 29.8 Å². The summed E-state index contributed by atoms with van der Waals surface area (Å²) in [6.07, 6.45) is 1.40. The third-order valence-corrected chi connectivity index (χ3v) is 5.91. The van der Waals surface area contributed by atoms with Gasteiger partial charge in [0.2, 0.25) is 5.91 Å². The minimum atomic E-state index is -0.389. The molecule has 4 rings (SSSR count). The first-order valence-corrected chi connectivity index (χ1v) is 10.2. The molecular weight excluding hydrogens is 392 g/mol. The number of benzene rings is 2. The third-order valence-electron chi connectivity index (χ3n) is 5.68. The fraction of sp³-hybridized carbons (Fsp3) is 0.381. The predicted octanol–water partition coefficient (Wildman–Crippen LogP) is 3.35. The molecule has 8 heteroatoms. The summed E-state index contributed by atoms with van der Waals surface area (Å²) >= 11 is 5.91. The minimum Gasteiger partial charge on any atom is -0.363 e. The van der Waals surface area contributed by atoms with Crippen LogP contribution in [0.1, 0.15) is 12.0 Å². The quantitative estimate of drug-likeness (QED) is 0.554. The van der Waals surface area contributed by atoms with Crippen molar-refractivity contribution in [2.24, 2.45) is 0 Å². The fourth-order valence-electron chi connectivity index (χ4n) is 4.11. The highest BCUT2D eigenvalue weighted by atomic mass is 35.5. The van der Waals surface area contributed by atoms with Gasteiger partial charge in [0, 0.05) is 62.5 Å². The molecule has 0 saturated carbocycles. The fourth-order valence-corrected chi connectivity index (χ4v) is 4.27. The van der Waals surface area contributed by atoms with Crippen molar-refractivity contribution in [3.63, 3.8) is 0 Å². The topological polar surface area (TPSA) is 69.9 Å². The molecule has 2 aliphatic heterocycles. The average molecular weight is 415 g/mol. The van der Waals surface area contributed by atoms with Crippen LogP contribution in [0, 0.1) is 10.1 Å². The summed E-state index contributed by atoms with van der Waals surface area (Å²) in [5.74, 6) is 0.158. The zero-order valence-corrected chi connectivity index (χ0v) is 16.8. The first-order chi connectivity index (χ1) is 14.0. The van der Waals surface area contributed by atoms with E-state index in [1.54, 1.807) is 12.1 Å². The van der Waals surface area contributed by atoms with E-state index in [0.29, 0.717) is 36.8 Å². The lowest BCUT2D eigenvalue weighted by Gasteiger charge is -2.35. The van der Waals surface area contributed by atoms with Crippen LogP contribution >= 0.6 is 11.6 Å². The number of carbonyl (C=O) groups excluding carboxylic acids is 1. The number of carbonyl (C=O) groups is 1. The van der Waals surface area contributed by atoms with Crippen LogP contribution in [0.4, 0.5) is 17.1 Å². The number of piperazine rings is 1. The summed E-state index contributed by atoms with van der Waals surface area (Å²) in [5.41, 5.74) is 2.91. The molecular formula is C21H23ClN4O3. The van der Waals surface area contributed by atoms with Crippen LogP contribution < -0.4 is 9.80 Å². The molecule has 0 aliphatic carbocycles. The molecule has 0 bridgehead atoms. The lowest BCUT2D eigenvalue weighted by atomic mass is 10.2. The molecule has 152 valence electrons. The van der Waals surface area contributed by atoms with Crippen molar-refractivity contribution >= 4 is 34.6 Å². The molecule has 2 heterocycles. The molecule has 2 aliphatic rings. The Bertz CT molecular complexity index is 928. The number of nitrogens with zero attached hydrogens (tertiary/aromatic N) is 4. The monoisotopic (exact) mass is 414 g/mol. The van der Waals surface area contributed by atoms with E-state index in [1.807, 2.05) is 28.0 Å². The first kappa shape index (κ1) is 19.7. The van der Waals surface area contributed by atoms with Gasteiger partial charge in [-0.2, -0.15) is 0 Å². The number of hydrogen-bond donors (Lipinski definition) is 0. The number of fused-ring (bicyclic) bond motifs is 1. The Labute approximate surface area is 174 Å². The Morgan fingerprint density at radius 3 is 2.55 bits per heavy atom. The minimum absolute atomic E-state index is 0.0360. The second-order valence-electron chi connectivity index (χ2n) is 7.39. The van der Waals surface area contributed by atoms with Crippen LogP contribution in [0.25, 0.3) is 0 Å². The van der Waals surface area contributed by atoms with Gasteiger partial charge in [0.25, 0.3) is 5.69 Å². The summed E-state index contributed by atoms with van der Waals surface area (Å²) in [6, 6.07) is 12.9. The van der Waals surface area contributed by atoms with E-state index in [2.05, 4.69) is 11.0 Å². The smallest absolute Gasteiger partial charge is 0.294 e. The van der Waals surface area contributed by atoms with Crippen LogP contribution in [-0.4, -0.2) is 55.0 Å². The molecule has 1 fully saturated rings. The molecule has 0 spiro atoms. The lowest BCUT2D eigenvalue weighted by Crippen LogP contribution is -2.47. The van der Waals surface area contributed by atoms with E-state index in [-0.39, 0.29) is 16.5 Å². The summed E-state index contributed by atoms with van der Waals surface area (Å²) in [6.45, 7) is 4.36. The third kappa shape index (κ3) is 4.21. The summed E-state index contributed by atoms with van der Waals surface area (Å²) in [5, 5.41) is 11.7. The van der Waals surface area contributed by atoms with Crippen LogP contribution in [0.2, 0.25) is 5.02 Å². The van der Waals surface area contributed by atoms with Gasteiger partial charge in [-0.05, 0) is 30.2 Å². The van der Waals surface area contributed by atoms with Crippen molar-refractivity contribution in [3.8, 4) is 0 Å². The predicted molar refractivity (Wildman–Crippen MR) is 114 cm³/mol. The maximum Gasteiger partial charge on any atom is 0.294 e. The zero-order chi connectivity index (χ0) is 20.4. The van der Waals surface area contributed by atoms with Gasteiger partial charge in [-0.25, -0.2) is 0 Å². The first-order valence-electron chi connectivity index (χ1n) is 9.82. The van der Waals surface area contributed by atoms with Crippen molar-refractivity contribution in [1.29, 1.82) is 0 Å². The summed E-state index contributed by atoms with van der Waals surface area (Å²) in [4.78, 5) is 29.8. The number of nitro benzene ring substituents is 1. The van der Waals surface area contributed by atoms with Gasteiger partial charge in [0.05, 0.1) is 4.92 Å².